The zero-order valence-electron chi connectivity index (χ0n) is 16.3. The van der Waals surface area contributed by atoms with Gasteiger partial charge in [-0.1, -0.05) is 49.7 Å². The summed E-state index contributed by atoms with van der Waals surface area (Å²) >= 11 is 0. The highest BCUT2D eigenvalue weighted by Crippen LogP contribution is 2.31. The third-order valence-electron chi connectivity index (χ3n) is 4.51. The number of hydrogen-bond donors (Lipinski definition) is 1. The molecule has 0 saturated carbocycles. The Hall–Kier alpha value is -3.36. The van der Waals surface area contributed by atoms with Crippen LogP contribution in [0.1, 0.15) is 30.9 Å². The van der Waals surface area contributed by atoms with Gasteiger partial charge in [-0.05, 0) is 30.2 Å². The van der Waals surface area contributed by atoms with Crippen molar-refractivity contribution >= 4 is 11.6 Å². The SMILES string of the molecule is CCCCn1c(=O)nc(Nc2cccc(C(F)(F)F)c2)n(Cc2ccccc2)c1=O. The van der Waals surface area contributed by atoms with E-state index in [1.54, 1.807) is 12.1 Å². The second-order valence-corrected chi connectivity index (χ2v) is 6.78. The van der Waals surface area contributed by atoms with E-state index in [2.05, 4.69) is 10.3 Å². The molecular weight excluding hydrogens is 397 g/mol. The molecule has 0 spiro atoms. The molecule has 1 aromatic heterocycles. The molecule has 1 heterocycles. The highest BCUT2D eigenvalue weighted by molar-refractivity contribution is 5.55. The van der Waals surface area contributed by atoms with Gasteiger partial charge in [-0.3, -0.25) is 4.57 Å². The number of halogens is 3. The quantitative estimate of drug-likeness (QED) is 0.629. The fraction of sp³-hybridized carbons (Fsp3) is 0.286. The Bertz CT molecular complexity index is 1120. The zero-order chi connectivity index (χ0) is 21.7. The Morgan fingerprint density at radius 1 is 1.00 bits per heavy atom. The van der Waals surface area contributed by atoms with Crippen LogP contribution < -0.4 is 16.7 Å². The average Bonchev–Trinajstić information content (AvgIpc) is 2.71. The molecule has 1 N–H and O–H groups in total. The lowest BCUT2D eigenvalue weighted by Crippen LogP contribution is -2.42. The summed E-state index contributed by atoms with van der Waals surface area (Å²) in [6, 6.07) is 13.6. The van der Waals surface area contributed by atoms with Crippen LogP contribution in [0.3, 0.4) is 0 Å². The van der Waals surface area contributed by atoms with E-state index < -0.39 is 23.1 Å². The molecule has 0 atom stereocenters. The fourth-order valence-electron chi connectivity index (χ4n) is 2.94. The summed E-state index contributed by atoms with van der Waals surface area (Å²) in [6.45, 7) is 2.27. The fourth-order valence-corrected chi connectivity index (χ4v) is 2.94. The minimum absolute atomic E-state index is 0.0734. The Labute approximate surface area is 170 Å². The van der Waals surface area contributed by atoms with Gasteiger partial charge in [-0.25, -0.2) is 14.2 Å². The number of nitrogens with one attached hydrogen (secondary N) is 1. The van der Waals surface area contributed by atoms with Gasteiger partial charge in [0.1, 0.15) is 0 Å². The summed E-state index contributed by atoms with van der Waals surface area (Å²) in [6.07, 6.45) is -3.10. The highest BCUT2D eigenvalue weighted by atomic mass is 19.4. The molecule has 0 aliphatic rings. The summed E-state index contributed by atoms with van der Waals surface area (Å²) < 4.78 is 41.4. The maximum absolute atomic E-state index is 13.0. The van der Waals surface area contributed by atoms with Crippen molar-refractivity contribution in [2.45, 2.75) is 39.0 Å². The Morgan fingerprint density at radius 2 is 1.73 bits per heavy atom. The van der Waals surface area contributed by atoms with Crippen molar-refractivity contribution < 1.29 is 13.2 Å². The van der Waals surface area contributed by atoms with Crippen molar-refractivity contribution in [1.29, 1.82) is 0 Å². The van der Waals surface area contributed by atoms with Gasteiger partial charge < -0.3 is 5.32 Å². The molecule has 0 saturated heterocycles. The van der Waals surface area contributed by atoms with E-state index in [1.165, 1.54) is 16.7 Å². The van der Waals surface area contributed by atoms with Gasteiger partial charge in [0.2, 0.25) is 5.95 Å². The number of nitrogens with zero attached hydrogens (tertiary/aromatic N) is 3. The maximum atomic E-state index is 13.0. The van der Waals surface area contributed by atoms with E-state index in [9.17, 15) is 22.8 Å². The number of unbranched alkanes of at least 4 members (excludes halogenated alkanes) is 1. The number of aromatic nitrogens is 3. The molecule has 0 aliphatic heterocycles. The second-order valence-electron chi connectivity index (χ2n) is 6.78. The molecule has 0 unspecified atom stereocenters. The Morgan fingerprint density at radius 3 is 2.40 bits per heavy atom. The van der Waals surface area contributed by atoms with E-state index in [4.69, 9.17) is 0 Å². The van der Waals surface area contributed by atoms with Crippen LogP contribution in [0.15, 0.2) is 64.2 Å². The predicted octanol–water partition coefficient (Wildman–Crippen LogP) is 4.02. The summed E-state index contributed by atoms with van der Waals surface area (Å²) in [5.74, 6) is -0.110. The summed E-state index contributed by atoms with van der Waals surface area (Å²) in [7, 11) is 0. The topological polar surface area (TPSA) is 68.9 Å². The van der Waals surface area contributed by atoms with E-state index in [-0.39, 0.29) is 24.7 Å². The van der Waals surface area contributed by atoms with Gasteiger partial charge in [-0.15, -0.1) is 0 Å². The van der Waals surface area contributed by atoms with E-state index >= 15 is 0 Å². The van der Waals surface area contributed by atoms with E-state index in [1.807, 2.05) is 25.1 Å². The average molecular weight is 418 g/mol. The van der Waals surface area contributed by atoms with Gasteiger partial charge in [0, 0.05) is 12.2 Å². The smallest absolute Gasteiger partial charge is 0.325 e. The van der Waals surface area contributed by atoms with Crippen molar-refractivity contribution in [3.8, 4) is 0 Å². The molecule has 0 fully saturated rings. The Balaban J connectivity index is 2.06. The first-order valence-electron chi connectivity index (χ1n) is 9.49. The van der Waals surface area contributed by atoms with E-state index in [0.717, 1.165) is 28.7 Å². The van der Waals surface area contributed by atoms with Crippen molar-refractivity contribution in [3.63, 3.8) is 0 Å². The van der Waals surface area contributed by atoms with Crippen molar-refractivity contribution in [1.82, 2.24) is 14.1 Å². The number of rotatable bonds is 7. The summed E-state index contributed by atoms with van der Waals surface area (Å²) in [4.78, 5) is 29.4. The first-order valence-corrected chi connectivity index (χ1v) is 9.49. The molecule has 3 rings (SSSR count). The van der Waals surface area contributed by atoms with Crippen molar-refractivity contribution in [3.05, 3.63) is 86.7 Å². The van der Waals surface area contributed by atoms with Gasteiger partial charge in [0.25, 0.3) is 0 Å². The first kappa shape index (κ1) is 21.4. The monoisotopic (exact) mass is 418 g/mol. The van der Waals surface area contributed by atoms with Gasteiger partial charge in [0.05, 0.1) is 12.1 Å². The number of benzene rings is 2. The van der Waals surface area contributed by atoms with Crippen molar-refractivity contribution in [2.75, 3.05) is 5.32 Å². The molecule has 30 heavy (non-hydrogen) atoms. The minimum Gasteiger partial charge on any atom is -0.325 e. The molecule has 3 aromatic rings. The third-order valence-corrected chi connectivity index (χ3v) is 4.51. The molecule has 0 amide bonds. The van der Waals surface area contributed by atoms with Crippen LogP contribution in [0.25, 0.3) is 0 Å². The van der Waals surface area contributed by atoms with Gasteiger partial charge in [-0.2, -0.15) is 18.2 Å². The second kappa shape index (κ2) is 8.98. The summed E-state index contributed by atoms with van der Waals surface area (Å²) in [5.41, 5.74) is -1.30. The van der Waals surface area contributed by atoms with Gasteiger partial charge in [0.15, 0.2) is 0 Å². The van der Waals surface area contributed by atoms with Crippen molar-refractivity contribution in [2.24, 2.45) is 0 Å². The highest BCUT2D eigenvalue weighted by Gasteiger charge is 2.30. The van der Waals surface area contributed by atoms with Gasteiger partial charge >= 0.3 is 17.6 Å². The van der Waals surface area contributed by atoms with Crippen LogP contribution in [0, 0.1) is 0 Å². The molecular formula is C21H21F3N4O2. The van der Waals surface area contributed by atoms with Crippen LogP contribution in [0.2, 0.25) is 0 Å². The van der Waals surface area contributed by atoms with Crippen LogP contribution in [0.4, 0.5) is 24.8 Å². The van der Waals surface area contributed by atoms with Crippen LogP contribution >= 0.6 is 0 Å². The predicted molar refractivity (Wildman–Crippen MR) is 108 cm³/mol. The largest absolute Gasteiger partial charge is 0.416 e. The number of hydrogen-bond acceptors (Lipinski definition) is 4. The first-order chi connectivity index (χ1) is 14.3. The maximum Gasteiger partial charge on any atom is 0.416 e. The number of alkyl halides is 3. The van der Waals surface area contributed by atoms with Crippen LogP contribution in [-0.2, 0) is 19.3 Å². The number of anilines is 2. The normalized spacial score (nSPS) is 11.5. The standard InChI is InChI=1S/C21H21F3N4O2/c1-2-3-12-27-19(29)26-18(25-17-11-7-10-16(13-17)21(22,23)24)28(20(27)30)14-15-8-5-4-6-9-15/h4-11,13H,2-3,12,14H2,1H3,(H,25,26,29). The molecule has 0 aliphatic carbocycles. The summed E-state index contributed by atoms with van der Waals surface area (Å²) in [5, 5.41) is 2.71. The minimum atomic E-state index is -4.52. The molecule has 0 bridgehead atoms. The Kier molecular flexibility index (Phi) is 6.39. The molecule has 9 heteroatoms. The molecule has 2 aromatic carbocycles. The lowest BCUT2D eigenvalue weighted by atomic mass is 10.2. The van der Waals surface area contributed by atoms with Crippen LogP contribution in [-0.4, -0.2) is 14.1 Å². The zero-order valence-corrected chi connectivity index (χ0v) is 16.3. The molecule has 6 nitrogen and oxygen atoms in total. The van der Waals surface area contributed by atoms with E-state index in [0.29, 0.717) is 6.42 Å². The molecule has 0 radical (unpaired) electrons. The van der Waals surface area contributed by atoms with Crippen LogP contribution in [0.5, 0.6) is 0 Å². The molecule has 158 valence electrons. The third kappa shape index (κ3) is 4.97. The lowest BCUT2D eigenvalue weighted by molar-refractivity contribution is -0.137. The lowest BCUT2D eigenvalue weighted by Gasteiger charge is -2.16.